The zero-order valence-corrected chi connectivity index (χ0v) is 11.4. The quantitative estimate of drug-likeness (QED) is 0.897. The first kappa shape index (κ1) is 12.9. The molecule has 0 aromatic carbocycles. The van der Waals surface area contributed by atoms with E-state index in [0.717, 1.165) is 35.8 Å². The molecule has 0 bridgehead atoms. The number of ether oxygens (including phenoxy) is 1. The fourth-order valence-electron chi connectivity index (χ4n) is 2.46. The van der Waals surface area contributed by atoms with Gasteiger partial charge in [-0.1, -0.05) is 11.6 Å². The molecular weight excluding hydrogens is 238 g/mol. The summed E-state index contributed by atoms with van der Waals surface area (Å²) in [7, 11) is 3.66. The monoisotopic (exact) mass is 257 g/mol. The van der Waals surface area contributed by atoms with Gasteiger partial charge >= 0.3 is 0 Å². The van der Waals surface area contributed by atoms with Crippen molar-refractivity contribution in [3.05, 3.63) is 16.4 Å². The zero-order valence-electron chi connectivity index (χ0n) is 10.7. The highest BCUT2D eigenvalue weighted by Gasteiger charge is 2.24. The molecule has 1 fully saturated rings. The largest absolute Gasteiger partial charge is 0.381 e. The number of halogens is 1. The summed E-state index contributed by atoms with van der Waals surface area (Å²) in [6, 6.07) is 0.538. The number of rotatable bonds is 4. The number of nitrogens with zero attached hydrogens (tertiary/aromatic N) is 2. The molecule has 2 atom stereocenters. The van der Waals surface area contributed by atoms with Crippen molar-refractivity contribution in [2.75, 3.05) is 7.11 Å². The van der Waals surface area contributed by atoms with Crippen LogP contribution in [0.15, 0.2) is 0 Å². The maximum absolute atomic E-state index is 6.19. The molecule has 1 aliphatic carbocycles. The molecule has 4 nitrogen and oxygen atoms in total. The third kappa shape index (κ3) is 2.81. The van der Waals surface area contributed by atoms with Gasteiger partial charge in [0.2, 0.25) is 0 Å². The van der Waals surface area contributed by atoms with E-state index in [1.54, 1.807) is 11.8 Å². The van der Waals surface area contributed by atoms with Gasteiger partial charge in [-0.3, -0.25) is 4.68 Å². The molecule has 96 valence electrons. The Kier molecular flexibility index (Phi) is 4.07. The van der Waals surface area contributed by atoms with E-state index in [9.17, 15) is 0 Å². The summed E-state index contributed by atoms with van der Waals surface area (Å²) < 4.78 is 7.09. The third-order valence-corrected chi connectivity index (χ3v) is 4.03. The Morgan fingerprint density at radius 1 is 1.53 bits per heavy atom. The lowest BCUT2D eigenvalue weighted by Crippen LogP contribution is -2.26. The standard InChI is InChI=1S/C12H20ClN3O/c1-8-11(12(13)16(2)15-8)7-14-9-4-5-10(6-9)17-3/h9-10,14H,4-7H2,1-3H3. The number of aryl methyl sites for hydroxylation is 2. The molecule has 1 saturated carbocycles. The minimum Gasteiger partial charge on any atom is -0.381 e. The summed E-state index contributed by atoms with van der Waals surface area (Å²) in [5.74, 6) is 0. The van der Waals surface area contributed by atoms with Crippen LogP contribution in [0.25, 0.3) is 0 Å². The van der Waals surface area contributed by atoms with Gasteiger partial charge in [-0.2, -0.15) is 5.10 Å². The van der Waals surface area contributed by atoms with Crippen molar-refractivity contribution in [2.45, 2.75) is 44.9 Å². The van der Waals surface area contributed by atoms with Gasteiger partial charge in [0, 0.05) is 32.3 Å². The van der Waals surface area contributed by atoms with Gasteiger partial charge in [0.05, 0.1) is 11.8 Å². The summed E-state index contributed by atoms with van der Waals surface area (Å²) in [5, 5.41) is 8.58. The average Bonchev–Trinajstić information content (AvgIpc) is 2.84. The molecule has 2 rings (SSSR count). The Labute approximate surface area is 107 Å². The molecule has 17 heavy (non-hydrogen) atoms. The molecule has 1 heterocycles. The lowest BCUT2D eigenvalue weighted by Gasteiger charge is -2.12. The van der Waals surface area contributed by atoms with Crippen LogP contribution in [-0.4, -0.2) is 29.0 Å². The number of nitrogens with one attached hydrogen (secondary N) is 1. The predicted octanol–water partition coefficient (Wildman–Crippen LogP) is 2.04. The molecule has 1 aromatic rings. The molecule has 0 amide bonds. The molecule has 2 unspecified atom stereocenters. The fraction of sp³-hybridized carbons (Fsp3) is 0.750. The zero-order chi connectivity index (χ0) is 12.4. The SMILES string of the molecule is COC1CCC(NCc2c(C)nn(C)c2Cl)C1. The second-order valence-corrected chi connectivity index (χ2v) is 5.08. The maximum atomic E-state index is 6.19. The highest BCUT2D eigenvalue weighted by atomic mass is 35.5. The normalized spacial score (nSPS) is 24.5. The first-order valence-electron chi connectivity index (χ1n) is 6.06. The van der Waals surface area contributed by atoms with E-state index in [4.69, 9.17) is 16.3 Å². The number of methoxy groups -OCH3 is 1. The summed E-state index contributed by atoms with van der Waals surface area (Å²) in [6.07, 6.45) is 3.83. The van der Waals surface area contributed by atoms with Crippen molar-refractivity contribution in [1.82, 2.24) is 15.1 Å². The smallest absolute Gasteiger partial charge is 0.131 e. The number of hydrogen-bond donors (Lipinski definition) is 1. The molecule has 0 aliphatic heterocycles. The molecular formula is C12H20ClN3O. The van der Waals surface area contributed by atoms with Crippen molar-refractivity contribution in [2.24, 2.45) is 7.05 Å². The highest BCUT2D eigenvalue weighted by molar-refractivity contribution is 6.30. The Balaban J connectivity index is 1.90. The molecule has 1 N–H and O–H groups in total. The van der Waals surface area contributed by atoms with E-state index >= 15 is 0 Å². The van der Waals surface area contributed by atoms with E-state index in [1.165, 1.54) is 6.42 Å². The molecule has 1 aromatic heterocycles. The molecule has 0 spiro atoms. The van der Waals surface area contributed by atoms with Crippen LogP contribution >= 0.6 is 11.6 Å². The van der Waals surface area contributed by atoms with E-state index in [2.05, 4.69) is 10.4 Å². The minimum absolute atomic E-state index is 0.415. The van der Waals surface area contributed by atoms with Crippen LogP contribution < -0.4 is 5.32 Å². The van der Waals surface area contributed by atoms with Gasteiger partial charge in [-0.25, -0.2) is 0 Å². The van der Waals surface area contributed by atoms with Crippen LogP contribution in [0.4, 0.5) is 0 Å². The second kappa shape index (κ2) is 5.38. The lowest BCUT2D eigenvalue weighted by atomic mass is 10.2. The first-order valence-corrected chi connectivity index (χ1v) is 6.43. The predicted molar refractivity (Wildman–Crippen MR) is 68.2 cm³/mol. The Hall–Kier alpha value is -0.580. The Morgan fingerprint density at radius 2 is 2.29 bits per heavy atom. The fourth-order valence-corrected chi connectivity index (χ4v) is 2.70. The van der Waals surface area contributed by atoms with Crippen LogP contribution in [0.2, 0.25) is 5.15 Å². The topological polar surface area (TPSA) is 39.1 Å². The Bertz CT molecular complexity index is 391. The number of aromatic nitrogens is 2. The maximum Gasteiger partial charge on any atom is 0.131 e. The first-order chi connectivity index (χ1) is 8.11. The lowest BCUT2D eigenvalue weighted by molar-refractivity contribution is 0.107. The van der Waals surface area contributed by atoms with Gasteiger partial charge in [0.1, 0.15) is 5.15 Å². The molecule has 1 aliphatic rings. The minimum atomic E-state index is 0.415. The van der Waals surface area contributed by atoms with Crippen LogP contribution in [0, 0.1) is 6.92 Å². The second-order valence-electron chi connectivity index (χ2n) is 4.73. The van der Waals surface area contributed by atoms with Gasteiger partial charge in [0.25, 0.3) is 0 Å². The summed E-state index contributed by atoms with van der Waals surface area (Å²) in [6.45, 7) is 2.79. The number of hydrogen-bond acceptors (Lipinski definition) is 3. The van der Waals surface area contributed by atoms with E-state index in [1.807, 2.05) is 14.0 Å². The molecule has 0 radical (unpaired) electrons. The van der Waals surface area contributed by atoms with E-state index in [0.29, 0.717) is 12.1 Å². The molecule has 0 saturated heterocycles. The summed E-state index contributed by atoms with van der Waals surface area (Å²) in [4.78, 5) is 0. The Morgan fingerprint density at radius 3 is 2.82 bits per heavy atom. The van der Waals surface area contributed by atoms with Crippen LogP contribution in [-0.2, 0) is 18.3 Å². The highest BCUT2D eigenvalue weighted by Crippen LogP contribution is 2.23. The van der Waals surface area contributed by atoms with Crippen LogP contribution in [0.3, 0.4) is 0 Å². The van der Waals surface area contributed by atoms with Crippen molar-refractivity contribution < 1.29 is 4.74 Å². The van der Waals surface area contributed by atoms with Crippen molar-refractivity contribution in [3.8, 4) is 0 Å². The average molecular weight is 258 g/mol. The van der Waals surface area contributed by atoms with E-state index < -0.39 is 0 Å². The third-order valence-electron chi connectivity index (χ3n) is 3.56. The van der Waals surface area contributed by atoms with Crippen LogP contribution in [0.1, 0.15) is 30.5 Å². The van der Waals surface area contributed by atoms with Gasteiger partial charge in [-0.05, 0) is 26.2 Å². The van der Waals surface area contributed by atoms with E-state index in [-0.39, 0.29) is 0 Å². The van der Waals surface area contributed by atoms with Crippen molar-refractivity contribution >= 4 is 11.6 Å². The summed E-state index contributed by atoms with van der Waals surface area (Å²) >= 11 is 6.19. The van der Waals surface area contributed by atoms with Gasteiger partial charge in [-0.15, -0.1) is 0 Å². The van der Waals surface area contributed by atoms with Gasteiger partial charge < -0.3 is 10.1 Å². The van der Waals surface area contributed by atoms with Crippen LogP contribution in [0.5, 0.6) is 0 Å². The summed E-state index contributed by atoms with van der Waals surface area (Å²) in [5.41, 5.74) is 2.11. The van der Waals surface area contributed by atoms with Crippen molar-refractivity contribution in [3.63, 3.8) is 0 Å². The van der Waals surface area contributed by atoms with Gasteiger partial charge in [0.15, 0.2) is 0 Å². The molecule has 5 heteroatoms. The van der Waals surface area contributed by atoms with Crippen molar-refractivity contribution in [1.29, 1.82) is 0 Å².